The maximum atomic E-state index is 12.5. The van der Waals surface area contributed by atoms with Crippen molar-refractivity contribution in [3.63, 3.8) is 0 Å². The minimum absolute atomic E-state index is 0.171. The number of carbonyl (C=O) groups is 1. The standard InChI is InChI=1S/C19H23NO3/c1-3-5-6-13-20-17(12-11-16(18(20)21)19(22)23)15-9-7-14(4-2)8-10-15/h7-12H,3-6,13H2,1-2H3,(H,22,23). The highest BCUT2D eigenvalue weighted by atomic mass is 16.4. The summed E-state index contributed by atoms with van der Waals surface area (Å²) in [7, 11) is 0. The molecule has 122 valence electrons. The van der Waals surface area contributed by atoms with Crippen LogP contribution in [0.5, 0.6) is 0 Å². The predicted octanol–water partition coefficient (Wildman–Crippen LogP) is 3.97. The third-order valence-electron chi connectivity index (χ3n) is 4.05. The molecule has 0 amide bonds. The van der Waals surface area contributed by atoms with E-state index in [1.807, 2.05) is 24.3 Å². The summed E-state index contributed by atoms with van der Waals surface area (Å²) < 4.78 is 1.60. The minimum Gasteiger partial charge on any atom is -0.477 e. The molecule has 0 radical (unpaired) electrons. The van der Waals surface area contributed by atoms with Gasteiger partial charge in [0.25, 0.3) is 5.56 Å². The fourth-order valence-electron chi connectivity index (χ4n) is 2.65. The molecule has 0 saturated heterocycles. The van der Waals surface area contributed by atoms with Gasteiger partial charge in [0.1, 0.15) is 5.56 Å². The lowest BCUT2D eigenvalue weighted by molar-refractivity contribution is 0.0694. The molecule has 2 aromatic rings. The van der Waals surface area contributed by atoms with Crippen LogP contribution < -0.4 is 5.56 Å². The molecule has 2 rings (SSSR count). The average Bonchev–Trinajstić information content (AvgIpc) is 2.56. The number of unbranched alkanes of at least 4 members (excludes halogenated alkanes) is 2. The zero-order valence-corrected chi connectivity index (χ0v) is 13.7. The van der Waals surface area contributed by atoms with Gasteiger partial charge in [-0.15, -0.1) is 0 Å². The van der Waals surface area contributed by atoms with Crippen LogP contribution >= 0.6 is 0 Å². The number of hydrogen-bond donors (Lipinski definition) is 1. The molecule has 0 aliphatic heterocycles. The molecule has 4 heteroatoms. The monoisotopic (exact) mass is 313 g/mol. The Morgan fingerprint density at radius 2 is 1.74 bits per heavy atom. The highest BCUT2D eigenvalue weighted by Gasteiger charge is 2.14. The van der Waals surface area contributed by atoms with Crippen molar-refractivity contribution in [2.75, 3.05) is 0 Å². The van der Waals surface area contributed by atoms with Crippen LogP contribution in [0, 0.1) is 0 Å². The number of rotatable bonds is 7. The summed E-state index contributed by atoms with van der Waals surface area (Å²) in [6.07, 6.45) is 3.88. The summed E-state index contributed by atoms with van der Waals surface area (Å²) in [6.45, 7) is 4.73. The first-order chi connectivity index (χ1) is 11.1. The first-order valence-corrected chi connectivity index (χ1v) is 8.15. The number of aryl methyl sites for hydroxylation is 1. The van der Waals surface area contributed by atoms with Crippen LogP contribution in [0.4, 0.5) is 0 Å². The van der Waals surface area contributed by atoms with Crippen molar-refractivity contribution >= 4 is 5.97 Å². The second-order valence-electron chi connectivity index (χ2n) is 5.65. The summed E-state index contributed by atoms with van der Waals surface area (Å²) >= 11 is 0. The zero-order valence-electron chi connectivity index (χ0n) is 13.7. The minimum atomic E-state index is -1.17. The van der Waals surface area contributed by atoms with Crippen LogP contribution in [0.25, 0.3) is 11.3 Å². The normalized spacial score (nSPS) is 10.7. The first-order valence-electron chi connectivity index (χ1n) is 8.15. The summed E-state index contributed by atoms with van der Waals surface area (Å²) in [6, 6.07) is 11.2. The molecule has 0 spiro atoms. The Hall–Kier alpha value is -2.36. The Bertz CT molecular complexity index is 729. The van der Waals surface area contributed by atoms with Crippen LogP contribution in [0.2, 0.25) is 0 Å². The van der Waals surface area contributed by atoms with Crippen molar-refractivity contribution in [1.29, 1.82) is 0 Å². The highest BCUT2D eigenvalue weighted by Crippen LogP contribution is 2.20. The van der Waals surface area contributed by atoms with Gasteiger partial charge in [-0.3, -0.25) is 4.79 Å². The lowest BCUT2D eigenvalue weighted by Gasteiger charge is -2.14. The van der Waals surface area contributed by atoms with Crippen molar-refractivity contribution in [3.05, 3.63) is 57.9 Å². The van der Waals surface area contributed by atoms with Crippen LogP contribution in [0.15, 0.2) is 41.2 Å². The fraction of sp³-hybridized carbons (Fsp3) is 0.368. The van der Waals surface area contributed by atoms with Crippen LogP contribution in [-0.4, -0.2) is 15.6 Å². The van der Waals surface area contributed by atoms with E-state index in [0.29, 0.717) is 6.54 Å². The second-order valence-corrected chi connectivity index (χ2v) is 5.65. The van der Waals surface area contributed by atoms with Gasteiger partial charge in [-0.05, 0) is 36.1 Å². The van der Waals surface area contributed by atoms with E-state index in [9.17, 15) is 14.7 Å². The fourth-order valence-corrected chi connectivity index (χ4v) is 2.65. The summed E-state index contributed by atoms with van der Waals surface area (Å²) in [4.78, 5) is 23.7. The molecule has 1 N–H and O–H groups in total. The third kappa shape index (κ3) is 3.89. The molecular formula is C19H23NO3. The molecule has 0 aliphatic rings. The van der Waals surface area contributed by atoms with E-state index >= 15 is 0 Å². The van der Waals surface area contributed by atoms with E-state index in [1.165, 1.54) is 11.6 Å². The van der Waals surface area contributed by atoms with E-state index < -0.39 is 11.5 Å². The zero-order chi connectivity index (χ0) is 16.8. The Morgan fingerprint density at radius 1 is 1.04 bits per heavy atom. The molecule has 0 aliphatic carbocycles. The van der Waals surface area contributed by atoms with Crippen LogP contribution in [0.1, 0.15) is 49.0 Å². The number of aromatic carboxylic acids is 1. The predicted molar refractivity (Wildman–Crippen MR) is 92.0 cm³/mol. The number of carboxylic acid groups (broad SMARTS) is 1. The molecule has 0 fully saturated rings. The van der Waals surface area contributed by atoms with Gasteiger partial charge in [0.2, 0.25) is 0 Å². The molecule has 1 aromatic heterocycles. The largest absolute Gasteiger partial charge is 0.477 e. The van der Waals surface area contributed by atoms with E-state index in [0.717, 1.165) is 36.9 Å². The van der Waals surface area contributed by atoms with Crippen molar-refractivity contribution in [1.82, 2.24) is 4.57 Å². The summed E-state index contributed by atoms with van der Waals surface area (Å²) in [5.41, 5.74) is 2.35. The summed E-state index contributed by atoms with van der Waals surface area (Å²) in [5, 5.41) is 9.18. The van der Waals surface area contributed by atoms with Gasteiger partial charge < -0.3 is 9.67 Å². The van der Waals surface area contributed by atoms with Gasteiger partial charge in [-0.1, -0.05) is 51.0 Å². The number of pyridine rings is 1. The Balaban J connectivity index is 2.49. The number of nitrogens with zero attached hydrogens (tertiary/aromatic N) is 1. The molecule has 0 saturated carbocycles. The van der Waals surface area contributed by atoms with Gasteiger partial charge >= 0.3 is 5.97 Å². The quantitative estimate of drug-likeness (QED) is 0.787. The number of hydrogen-bond acceptors (Lipinski definition) is 2. The van der Waals surface area contributed by atoms with Crippen molar-refractivity contribution in [2.45, 2.75) is 46.1 Å². The molecule has 1 aromatic carbocycles. The van der Waals surface area contributed by atoms with Gasteiger partial charge in [0.05, 0.1) is 5.69 Å². The average molecular weight is 313 g/mol. The van der Waals surface area contributed by atoms with Crippen molar-refractivity contribution in [2.24, 2.45) is 0 Å². The summed E-state index contributed by atoms with van der Waals surface area (Å²) in [5.74, 6) is -1.17. The molecule has 0 bridgehead atoms. The van der Waals surface area contributed by atoms with Crippen LogP contribution in [0.3, 0.4) is 0 Å². The molecule has 23 heavy (non-hydrogen) atoms. The SMILES string of the molecule is CCCCCn1c(-c2ccc(CC)cc2)ccc(C(=O)O)c1=O. The highest BCUT2D eigenvalue weighted by molar-refractivity contribution is 5.87. The molecule has 4 nitrogen and oxygen atoms in total. The Labute approximate surface area is 136 Å². The van der Waals surface area contributed by atoms with Crippen molar-refractivity contribution < 1.29 is 9.90 Å². The molecule has 0 atom stereocenters. The van der Waals surface area contributed by atoms with Gasteiger partial charge in [-0.2, -0.15) is 0 Å². The lowest BCUT2D eigenvalue weighted by atomic mass is 10.1. The maximum Gasteiger partial charge on any atom is 0.341 e. The van der Waals surface area contributed by atoms with E-state index in [2.05, 4.69) is 13.8 Å². The number of benzene rings is 1. The topological polar surface area (TPSA) is 59.3 Å². The third-order valence-corrected chi connectivity index (χ3v) is 4.05. The molecule has 0 unspecified atom stereocenters. The lowest BCUT2D eigenvalue weighted by Crippen LogP contribution is -2.27. The van der Waals surface area contributed by atoms with Gasteiger partial charge in [-0.25, -0.2) is 4.79 Å². The van der Waals surface area contributed by atoms with Crippen molar-refractivity contribution in [3.8, 4) is 11.3 Å². The van der Waals surface area contributed by atoms with E-state index in [1.54, 1.807) is 10.6 Å². The Morgan fingerprint density at radius 3 is 2.30 bits per heavy atom. The Kier molecular flexibility index (Phi) is 5.74. The van der Waals surface area contributed by atoms with Gasteiger partial charge in [0, 0.05) is 6.54 Å². The number of aromatic nitrogens is 1. The first kappa shape index (κ1) is 17.0. The smallest absolute Gasteiger partial charge is 0.341 e. The van der Waals surface area contributed by atoms with Crippen LogP contribution in [-0.2, 0) is 13.0 Å². The second kappa shape index (κ2) is 7.77. The van der Waals surface area contributed by atoms with E-state index in [4.69, 9.17) is 0 Å². The maximum absolute atomic E-state index is 12.5. The van der Waals surface area contributed by atoms with E-state index in [-0.39, 0.29) is 5.56 Å². The molecule has 1 heterocycles. The van der Waals surface area contributed by atoms with Gasteiger partial charge in [0.15, 0.2) is 0 Å². The molecular weight excluding hydrogens is 290 g/mol. The number of carboxylic acids is 1.